The van der Waals surface area contributed by atoms with Gasteiger partial charge in [-0.3, -0.25) is 4.79 Å². The Labute approximate surface area is 143 Å². The Morgan fingerprint density at radius 3 is 2.20 bits per heavy atom. The van der Waals surface area contributed by atoms with E-state index in [9.17, 15) is 23.1 Å². The van der Waals surface area contributed by atoms with Crippen LogP contribution in [0.15, 0.2) is 48.5 Å². The average molecular weight is 349 g/mol. The van der Waals surface area contributed by atoms with Crippen molar-refractivity contribution < 1.29 is 23.1 Å². The van der Waals surface area contributed by atoms with Crippen LogP contribution in [0.4, 0.5) is 13.2 Å². The van der Waals surface area contributed by atoms with Crippen LogP contribution in [0.5, 0.6) is 0 Å². The van der Waals surface area contributed by atoms with Gasteiger partial charge in [-0.1, -0.05) is 30.3 Å². The monoisotopic (exact) mass is 349 g/mol. The van der Waals surface area contributed by atoms with Gasteiger partial charge in [0.05, 0.1) is 11.7 Å². The van der Waals surface area contributed by atoms with E-state index in [1.54, 1.807) is 29.2 Å². The largest absolute Gasteiger partial charge is 0.416 e. The van der Waals surface area contributed by atoms with Crippen LogP contribution in [-0.4, -0.2) is 35.1 Å². The average Bonchev–Trinajstić information content (AvgIpc) is 2.61. The highest BCUT2D eigenvalue weighted by Crippen LogP contribution is 2.32. The Morgan fingerprint density at radius 1 is 1.00 bits per heavy atom. The van der Waals surface area contributed by atoms with Crippen LogP contribution in [0, 0.1) is 0 Å². The molecule has 0 aromatic heterocycles. The van der Waals surface area contributed by atoms with E-state index in [0.717, 1.165) is 12.1 Å². The van der Waals surface area contributed by atoms with E-state index in [2.05, 4.69) is 0 Å². The number of carbonyl (C=O) groups is 1. The molecule has 0 unspecified atom stereocenters. The molecule has 1 fully saturated rings. The number of benzene rings is 2. The molecule has 3 rings (SSSR count). The lowest BCUT2D eigenvalue weighted by Gasteiger charge is -2.30. The predicted molar refractivity (Wildman–Crippen MR) is 88.0 cm³/mol. The quantitative estimate of drug-likeness (QED) is 0.891. The second-order valence-electron chi connectivity index (χ2n) is 6.14. The van der Waals surface area contributed by atoms with E-state index in [-0.39, 0.29) is 12.0 Å². The molecule has 1 aliphatic rings. The zero-order valence-corrected chi connectivity index (χ0v) is 13.5. The number of carbonyl (C=O) groups excluding carboxylic acids is 1. The number of hydrogen-bond acceptors (Lipinski definition) is 2. The van der Waals surface area contributed by atoms with Crippen LogP contribution in [-0.2, 0) is 6.18 Å². The minimum atomic E-state index is -4.39. The van der Waals surface area contributed by atoms with Crippen LogP contribution >= 0.6 is 0 Å². The summed E-state index contributed by atoms with van der Waals surface area (Å²) in [7, 11) is 0. The zero-order chi connectivity index (χ0) is 18.0. The molecule has 0 spiro atoms. The molecule has 2 aromatic carbocycles. The minimum Gasteiger partial charge on any atom is -0.393 e. The van der Waals surface area contributed by atoms with Crippen molar-refractivity contribution in [3.63, 3.8) is 0 Å². The van der Waals surface area contributed by atoms with Crippen LogP contribution in [0.2, 0.25) is 0 Å². The van der Waals surface area contributed by atoms with Gasteiger partial charge in [-0.2, -0.15) is 13.2 Å². The number of piperidine rings is 1. The summed E-state index contributed by atoms with van der Waals surface area (Å²) in [6.45, 7) is 0.947. The number of hydrogen-bond donors (Lipinski definition) is 1. The molecular formula is C19H18F3NO2. The molecule has 0 saturated carbocycles. The number of alkyl halides is 3. The van der Waals surface area contributed by atoms with Crippen molar-refractivity contribution in [2.24, 2.45) is 0 Å². The van der Waals surface area contributed by atoms with Crippen molar-refractivity contribution in [3.05, 3.63) is 59.7 Å². The maximum Gasteiger partial charge on any atom is 0.416 e. The number of likely N-dealkylation sites (tertiary alicyclic amines) is 1. The SMILES string of the molecule is O=C(c1ccccc1-c1ccc(C(F)(F)F)cc1)N1CCC(O)CC1. The van der Waals surface area contributed by atoms with Gasteiger partial charge in [0, 0.05) is 18.7 Å². The van der Waals surface area contributed by atoms with Gasteiger partial charge in [0.2, 0.25) is 0 Å². The predicted octanol–water partition coefficient (Wildman–Crippen LogP) is 3.97. The van der Waals surface area contributed by atoms with Gasteiger partial charge in [0.25, 0.3) is 5.91 Å². The molecule has 0 radical (unpaired) electrons. The molecule has 0 atom stereocenters. The van der Waals surface area contributed by atoms with E-state index in [4.69, 9.17) is 0 Å². The molecule has 1 amide bonds. The van der Waals surface area contributed by atoms with Gasteiger partial charge in [-0.15, -0.1) is 0 Å². The Hall–Kier alpha value is -2.34. The Bertz CT molecular complexity index is 748. The third kappa shape index (κ3) is 3.85. The van der Waals surface area contributed by atoms with E-state index in [1.807, 2.05) is 0 Å². The van der Waals surface area contributed by atoms with E-state index in [1.165, 1.54) is 12.1 Å². The summed E-state index contributed by atoms with van der Waals surface area (Å²) in [6.07, 6.45) is -3.69. The summed E-state index contributed by atoms with van der Waals surface area (Å²) >= 11 is 0. The molecule has 0 bridgehead atoms. The molecule has 1 aliphatic heterocycles. The summed E-state index contributed by atoms with van der Waals surface area (Å²) in [6, 6.07) is 11.7. The first-order valence-corrected chi connectivity index (χ1v) is 8.10. The minimum absolute atomic E-state index is 0.164. The van der Waals surface area contributed by atoms with E-state index in [0.29, 0.717) is 42.6 Å². The van der Waals surface area contributed by atoms with Crippen LogP contribution in [0.3, 0.4) is 0 Å². The third-order valence-electron chi connectivity index (χ3n) is 4.43. The highest BCUT2D eigenvalue weighted by Gasteiger charge is 2.30. The summed E-state index contributed by atoms with van der Waals surface area (Å²) < 4.78 is 38.2. The van der Waals surface area contributed by atoms with Crippen LogP contribution in [0.1, 0.15) is 28.8 Å². The van der Waals surface area contributed by atoms with Crippen LogP contribution in [0.25, 0.3) is 11.1 Å². The molecule has 3 nitrogen and oxygen atoms in total. The Balaban J connectivity index is 1.89. The number of rotatable bonds is 2. The maximum absolute atomic E-state index is 12.8. The smallest absolute Gasteiger partial charge is 0.393 e. The molecule has 1 heterocycles. The van der Waals surface area contributed by atoms with E-state index < -0.39 is 11.7 Å². The van der Waals surface area contributed by atoms with E-state index >= 15 is 0 Å². The highest BCUT2D eigenvalue weighted by molar-refractivity contribution is 6.01. The molecule has 2 aromatic rings. The van der Waals surface area contributed by atoms with Gasteiger partial charge in [0.1, 0.15) is 0 Å². The van der Waals surface area contributed by atoms with Gasteiger partial charge in [0.15, 0.2) is 0 Å². The summed E-state index contributed by atoms with van der Waals surface area (Å²) in [5, 5.41) is 9.57. The highest BCUT2D eigenvalue weighted by atomic mass is 19.4. The summed E-state index contributed by atoms with van der Waals surface area (Å²) in [5.41, 5.74) is 0.907. The lowest BCUT2D eigenvalue weighted by molar-refractivity contribution is -0.137. The lowest BCUT2D eigenvalue weighted by Crippen LogP contribution is -2.40. The van der Waals surface area contributed by atoms with Crippen molar-refractivity contribution in [1.29, 1.82) is 0 Å². The lowest BCUT2D eigenvalue weighted by atomic mass is 9.97. The molecule has 132 valence electrons. The standard InChI is InChI=1S/C19H18F3NO2/c20-19(21,22)14-7-5-13(6-8-14)16-3-1-2-4-17(16)18(25)23-11-9-15(24)10-12-23/h1-8,15,24H,9-12H2. The molecule has 6 heteroatoms. The molecule has 0 aliphatic carbocycles. The van der Waals surface area contributed by atoms with Gasteiger partial charge >= 0.3 is 6.18 Å². The number of aliphatic hydroxyl groups is 1. The maximum atomic E-state index is 12.8. The number of nitrogens with zero attached hydrogens (tertiary/aromatic N) is 1. The number of halogens is 3. The zero-order valence-electron chi connectivity index (χ0n) is 13.5. The second kappa shape index (κ2) is 6.88. The third-order valence-corrected chi connectivity index (χ3v) is 4.43. The first kappa shape index (κ1) is 17.5. The number of aliphatic hydroxyl groups excluding tert-OH is 1. The first-order valence-electron chi connectivity index (χ1n) is 8.10. The van der Waals surface area contributed by atoms with Crippen LogP contribution < -0.4 is 0 Å². The molecule has 25 heavy (non-hydrogen) atoms. The fourth-order valence-electron chi connectivity index (χ4n) is 3.00. The first-order chi connectivity index (χ1) is 11.9. The topological polar surface area (TPSA) is 40.5 Å². The van der Waals surface area contributed by atoms with Gasteiger partial charge in [-0.05, 0) is 42.2 Å². The summed E-state index contributed by atoms with van der Waals surface area (Å²) in [4.78, 5) is 14.5. The fraction of sp³-hybridized carbons (Fsp3) is 0.316. The Morgan fingerprint density at radius 2 is 1.60 bits per heavy atom. The Kier molecular flexibility index (Phi) is 4.81. The molecule has 1 N–H and O–H groups in total. The van der Waals surface area contributed by atoms with Gasteiger partial charge in [-0.25, -0.2) is 0 Å². The summed E-state index contributed by atoms with van der Waals surface area (Å²) in [5.74, 6) is -0.164. The molecule has 1 saturated heterocycles. The normalized spacial score (nSPS) is 16.1. The second-order valence-corrected chi connectivity index (χ2v) is 6.14. The van der Waals surface area contributed by atoms with Crippen molar-refractivity contribution in [2.75, 3.05) is 13.1 Å². The van der Waals surface area contributed by atoms with Gasteiger partial charge < -0.3 is 10.0 Å². The number of amides is 1. The fourth-order valence-corrected chi connectivity index (χ4v) is 3.00. The van der Waals surface area contributed by atoms with Crippen molar-refractivity contribution in [3.8, 4) is 11.1 Å². The molecular weight excluding hydrogens is 331 g/mol. The van der Waals surface area contributed by atoms with Crippen molar-refractivity contribution >= 4 is 5.91 Å². The van der Waals surface area contributed by atoms with Crippen molar-refractivity contribution in [2.45, 2.75) is 25.1 Å². The van der Waals surface area contributed by atoms with Crippen molar-refractivity contribution in [1.82, 2.24) is 4.90 Å².